The minimum atomic E-state index is -1.04. The van der Waals surface area contributed by atoms with Gasteiger partial charge in [-0.15, -0.1) is 0 Å². The van der Waals surface area contributed by atoms with Gasteiger partial charge in [0.15, 0.2) is 0 Å². The first-order chi connectivity index (χ1) is 11.7. The van der Waals surface area contributed by atoms with Gasteiger partial charge in [0, 0.05) is 17.5 Å². The SMILES string of the molecule is CC(C)(C)OC(=O)[C@H]1CN([C@H](C(=O)O)c2coc3ccccc23)[C@H]1N. The minimum absolute atomic E-state index is 0.229. The average molecular weight is 346 g/mol. The van der Waals surface area contributed by atoms with E-state index in [2.05, 4.69) is 0 Å². The third-order valence-corrected chi connectivity index (χ3v) is 4.28. The van der Waals surface area contributed by atoms with Gasteiger partial charge in [0.25, 0.3) is 0 Å². The summed E-state index contributed by atoms with van der Waals surface area (Å²) in [4.78, 5) is 25.6. The smallest absolute Gasteiger partial charge is 0.325 e. The lowest BCUT2D eigenvalue weighted by atomic mass is 9.90. The molecule has 0 bridgehead atoms. The monoisotopic (exact) mass is 346 g/mol. The molecule has 3 rings (SSSR count). The summed E-state index contributed by atoms with van der Waals surface area (Å²) in [5.74, 6) is -1.98. The number of likely N-dealkylation sites (tertiary alicyclic amines) is 1. The van der Waals surface area contributed by atoms with Crippen molar-refractivity contribution in [1.29, 1.82) is 0 Å². The number of fused-ring (bicyclic) bond motifs is 1. The van der Waals surface area contributed by atoms with Crippen molar-refractivity contribution < 1.29 is 23.8 Å². The number of hydrogen-bond acceptors (Lipinski definition) is 6. The Balaban J connectivity index is 1.82. The van der Waals surface area contributed by atoms with Gasteiger partial charge in [-0.2, -0.15) is 0 Å². The lowest BCUT2D eigenvalue weighted by molar-refractivity contribution is -0.176. The molecule has 2 aromatic rings. The molecule has 3 atom stereocenters. The van der Waals surface area contributed by atoms with Gasteiger partial charge in [0.1, 0.15) is 17.2 Å². The number of aliphatic carboxylic acids is 1. The fourth-order valence-corrected chi connectivity index (χ4v) is 3.08. The van der Waals surface area contributed by atoms with Crippen molar-refractivity contribution in [2.24, 2.45) is 11.7 Å². The zero-order valence-corrected chi connectivity index (χ0v) is 14.4. The number of ether oxygens (including phenoxy) is 1. The summed E-state index contributed by atoms with van der Waals surface area (Å²) in [6.45, 7) is 5.58. The van der Waals surface area contributed by atoms with Crippen molar-refractivity contribution in [3.05, 3.63) is 36.1 Å². The molecule has 3 N–H and O–H groups in total. The number of carboxylic acid groups (broad SMARTS) is 1. The third kappa shape index (κ3) is 3.25. The Morgan fingerprint density at radius 1 is 1.36 bits per heavy atom. The molecular weight excluding hydrogens is 324 g/mol. The van der Waals surface area contributed by atoms with Crippen LogP contribution in [0.5, 0.6) is 0 Å². The largest absolute Gasteiger partial charge is 0.480 e. The molecule has 0 aliphatic carbocycles. The summed E-state index contributed by atoms with van der Waals surface area (Å²) in [5, 5.41) is 10.4. The molecular formula is C18H22N2O5. The number of carboxylic acids is 1. The van der Waals surface area contributed by atoms with Crippen molar-refractivity contribution in [3.63, 3.8) is 0 Å². The van der Waals surface area contributed by atoms with Gasteiger partial charge >= 0.3 is 11.9 Å². The van der Waals surface area contributed by atoms with E-state index in [9.17, 15) is 14.7 Å². The Labute approximate surface area is 145 Å². The van der Waals surface area contributed by atoms with E-state index in [1.807, 2.05) is 12.1 Å². The molecule has 0 radical (unpaired) electrons. The minimum Gasteiger partial charge on any atom is -0.480 e. The van der Waals surface area contributed by atoms with Crippen LogP contribution in [0.1, 0.15) is 32.4 Å². The van der Waals surface area contributed by atoms with Crippen LogP contribution < -0.4 is 5.73 Å². The molecule has 134 valence electrons. The molecule has 7 nitrogen and oxygen atoms in total. The number of nitrogens with two attached hydrogens (primary N) is 1. The van der Waals surface area contributed by atoms with E-state index in [0.717, 1.165) is 5.39 Å². The van der Waals surface area contributed by atoms with Gasteiger partial charge in [-0.1, -0.05) is 18.2 Å². The second kappa shape index (κ2) is 6.16. The van der Waals surface area contributed by atoms with Crippen LogP contribution in [-0.2, 0) is 14.3 Å². The van der Waals surface area contributed by atoms with Crippen molar-refractivity contribution in [1.82, 2.24) is 4.90 Å². The number of carbonyl (C=O) groups is 2. The summed E-state index contributed by atoms with van der Waals surface area (Å²) in [5.41, 5.74) is 6.64. The third-order valence-electron chi connectivity index (χ3n) is 4.28. The van der Waals surface area contributed by atoms with Gasteiger partial charge in [-0.3, -0.25) is 14.5 Å². The molecule has 1 aromatic heterocycles. The quantitative estimate of drug-likeness (QED) is 0.817. The first-order valence-corrected chi connectivity index (χ1v) is 8.12. The summed E-state index contributed by atoms with van der Waals surface area (Å²) in [6.07, 6.45) is 0.723. The Morgan fingerprint density at radius 2 is 2.04 bits per heavy atom. The van der Waals surface area contributed by atoms with Crippen LogP contribution in [0.2, 0.25) is 0 Å². The fourth-order valence-electron chi connectivity index (χ4n) is 3.08. The summed E-state index contributed by atoms with van der Waals surface area (Å²) >= 11 is 0. The van der Waals surface area contributed by atoms with Crippen LogP contribution in [-0.4, -0.2) is 40.3 Å². The molecule has 25 heavy (non-hydrogen) atoms. The molecule has 0 amide bonds. The molecule has 1 aromatic carbocycles. The molecule has 7 heteroatoms. The topological polar surface area (TPSA) is 106 Å². The summed E-state index contributed by atoms with van der Waals surface area (Å²) in [7, 11) is 0. The first kappa shape index (κ1) is 17.4. The lowest BCUT2D eigenvalue weighted by Crippen LogP contribution is -2.66. The number of carbonyl (C=O) groups excluding carboxylic acids is 1. The first-order valence-electron chi connectivity index (χ1n) is 8.12. The van der Waals surface area contributed by atoms with Crippen molar-refractivity contribution in [2.45, 2.75) is 38.6 Å². The summed E-state index contributed by atoms with van der Waals surface area (Å²) < 4.78 is 10.8. The van der Waals surface area contributed by atoms with E-state index < -0.39 is 35.7 Å². The van der Waals surface area contributed by atoms with E-state index in [4.69, 9.17) is 14.9 Å². The van der Waals surface area contributed by atoms with Crippen LogP contribution in [0.15, 0.2) is 34.9 Å². The molecule has 1 aliphatic rings. The van der Waals surface area contributed by atoms with Crippen LogP contribution in [0.3, 0.4) is 0 Å². The highest BCUT2D eigenvalue weighted by molar-refractivity contribution is 5.88. The maximum Gasteiger partial charge on any atom is 0.325 e. The van der Waals surface area contributed by atoms with E-state index in [-0.39, 0.29) is 6.54 Å². The highest BCUT2D eigenvalue weighted by Crippen LogP contribution is 2.37. The Kier molecular flexibility index (Phi) is 4.30. The zero-order valence-electron chi connectivity index (χ0n) is 14.4. The fraction of sp³-hybridized carbons (Fsp3) is 0.444. The summed E-state index contributed by atoms with van der Waals surface area (Å²) in [6, 6.07) is 6.24. The van der Waals surface area contributed by atoms with Gasteiger partial charge in [0.05, 0.1) is 18.3 Å². The van der Waals surface area contributed by atoms with Crippen molar-refractivity contribution >= 4 is 22.9 Å². The highest BCUT2D eigenvalue weighted by atomic mass is 16.6. The van der Waals surface area contributed by atoms with Crippen LogP contribution in [0.4, 0.5) is 0 Å². The van der Waals surface area contributed by atoms with E-state index in [1.54, 1.807) is 37.8 Å². The van der Waals surface area contributed by atoms with E-state index in [0.29, 0.717) is 11.1 Å². The predicted octanol–water partition coefficient (Wildman–Crippen LogP) is 2.12. The molecule has 0 saturated carbocycles. The number of nitrogens with zero attached hydrogens (tertiary/aromatic N) is 1. The maximum atomic E-state index is 12.2. The average Bonchev–Trinajstić information content (AvgIpc) is 2.92. The predicted molar refractivity (Wildman–Crippen MR) is 90.6 cm³/mol. The number of rotatable bonds is 4. The molecule has 1 aliphatic heterocycles. The van der Waals surface area contributed by atoms with Gasteiger partial charge < -0.3 is 20.0 Å². The zero-order chi connectivity index (χ0) is 18.4. The molecule has 2 heterocycles. The van der Waals surface area contributed by atoms with Gasteiger partial charge in [0.2, 0.25) is 0 Å². The number of esters is 1. The molecule has 1 fully saturated rings. The number of hydrogen-bond donors (Lipinski definition) is 2. The van der Waals surface area contributed by atoms with Crippen LogP contribution in [0.25, 0.3) is 11.0 Å². The second-order valence-corrected chi connectivity index (χ2v) is 7.26. The normalized spacial score (nSPS) is 22.4. The van der Waals surface area contributed by atoms with E-state index >= 15 is 0 Å². The molecule has 0 spiro atoms. The van der Waals surface area contributed by atoms with Crippen LogP contribution in [0, 0.1) is 5.92 Å². The van der Waals surface area contributed by atoms with E-state index in [1.165, 1.54) is 6.26 Å². The standard InChI is InChI=1S/C18H22N2O5/c1-18(2,3)25-17(23)11-8-20(15(11)19)14(16(21)22)12-9-24-13-7-5-4-6-10(12)13/h4-7,9,11,14-15H,8,19H2,1-3H3,(H,21,22)/t11-,14-,15+/m0/s1. The maximum absolute atomic E-state index is 12.2. The number of benzene rings is 1. The molecule has 0 unspecified atom stereocenters. The van der Waals surface area contributed by atoms with Crippen molar-refractivity contribution in [3.8, 4) is 0 Å². The molecule has 1 saturated heterocycles. The number of para-hydroxylation sites is 1. The van der Waals surface area contributed by atoms with Crippen LogP contribution >= 0.6 is 0 Å². The second-order valence-electron chi connectivity index (χ2n) is 7.26. The number of furan rings is 1. The van der Waals surface area contributed by atoms with Crippen molar-refractivity contribution in [2.75, 3.05) is 6.54 Å². The Hall–Kier alpha value is -2.38. The highest BCUT2D eigenvalue weighted by Gasteiger charge is 2.49. The Morgan fingerprint density at radius 3 is 2.64 bits per heavy atom. The van der Waals surface area contributed by atoms with Gasteiger partial charge in [-0.25, -0.2) is 0 Å². The lowest BCUT2D eigenvalue weighted by Gasteiger charge is -2.47. The Bertz CT molecular complexity index is 807. The van der Waals surface area contributed by atoms with Gasteiger partial charge in [-0.05, 0) is 26.8 Å².